The highest BCUT2D eigenvalue weighted by Gasteiger charge is 2.19. The Bertz CT molecular complexity index is 403. The zero-order valence-electron chi connectivity index (χ0n) is 12.6. The minimum atomic E-state index is -0.184. The van der Waals surface area contributed by atoms with E-state index in [1.54, 1.807) is 7.11 Å². The molecule has 0 saturated carbocycles. The van der Waals surface area contributed by atoms with E-state index in [2.05, 4.69) is 21.9 Å². The third-order valence-electron chi connectivity index (χ3n) is 3.99. The number of aliphatic hydroxyl groups is 1. The van der Waals surface area contributed by atoms with E-state index in [0.29, 0.717) is 0 Å². The molecular formula is C16H26N2O2. The topological polar surface area (TPSA) is 35.9 Å². The van der Waals surface area contributed by atoms with E-state index < -0.39 is 0 Å². The summed E-state index contributed by atoms with van der Waals surface area (Å²) in [4.78, 5) is 4.81. The molecule has 0 amide bonds. The van der Waals surface area contributed by atoms with Crippen molar-refractivity contribution in [2.75, 3.05) is 39.8 Å². The van der Waals surface area contributed by atoms with Crippen LogP contribution < -0.4 is 4.74 Å². The number of aliphatic hydroxyl groups excluding tert-OH is 1. The number of benzene rings is 1. The highest BCUT2D eigenvalue weighted by molar-refractivity contribution is 5.33. The summed E-state index contributed by atoms with van der Waals surface area (Å²) in [6.07, 6.45) is 0.650. The van der Waals surface area contributed by atoms with Crippen LogP contribution in [0.25, 0.3) is 0 Å². The van der Waals surface area contributed by atoms with Crippen molar-refractivity contribution in [1.29, 1.82) is 0 Å². The van der Waals surface area contributed by atoms with E-state index in [1.165, 1.54) is 5.56 Å². The molecule has 1 aliphatic rings. The summed E-state index contributed by atoms with van der Waals surface area (Å²) in [5, 5.41) is 9.71. The zero-order chi connectivity index (χ0) is 14.4. The van der Waals surface area contributed by atoms with Gasteiger partial charge in [0.15, 0.2) is 0 Å². The van der Waals surface area contributed by atoms with Crippen molar-refractivity contribution >= 4 is 0 Å². The van der Waals surface area contributed by atoms with Gasteiger partial charge >= 0.3 is 0 Å². The summed E-state index contributed by atoms with van der Waals surface area (Å²) in [7, 11) is 1.73. The van der Waals surface area contributed by atoms with Crippen LogP contribution in [0.3, 0.4) is 0 Å². The highest BCUT2D eigenvalue weighted by atomic mass is 16.5. The Labute approximate surface area is 122 Å². The molecule has 1 fully saturated rings. The van der Waals surface area contributed by atoms with E-state index in [9.17, 15) is 5.11 Å². The predicted octanol–water partition coefficient (Wildman–Crippen LogP) is 1.58. The van der Waals surface area contributed by atoms with Gasteiger partial charge in [0.1, 0.15) is 5.75 Å². The molecule has 0 aliphatic carbocycles. The maximum absolute atomic E-state index is 9.71. The van der Waals surface area contributed by atoms with Crippen LogP contribution in [0.2, 0.25) is 0 Å². The molecule has 0 bridgehead atoms. The van der Waals surface area contributed by atoms with Crippen LogP contribution >= 0.6 is 0 Å². The lowest BCUT2D eigenvalue weighted by molar-refractivity contribution is 0.0684. The molecule has 20 heavy (non-hydrogen) atoms. The van der Waals surface area contributed by atoms with Crippen molar-refractivity contribution in [3.63, 3.8) is 0 Å². The van der Waals surface area contributed by atoms with Gasteiger partial charge in [-0.15, -0.1) is 0 Å². The Balaban J connectivity index is 1.82. The maximum Gasteiger partial charge on any atom is 0.123 e. The lowest BCUT2D eigenvalue weighted by atomic mass is 10.1. The molecule has 112 valence electrons. The molecule has 1 atom stereocenters. The molecular weight excluding hydrogens is 252 g/mol. The Kier molecular flexibility index (Phi) is 5.83. The van der Waals surface area contributed by atoms with Crippen molar-refractivity contribution in [3.05, 3.63) is 29.8 Å². The molecule has 1 aromatic carbocycles. The van der Waals surface area contributed by atoms with Gasteiger partial charge in [0.2, 0.25) is 0 Å². The molecule has 0 radical (unpaired) electrons. The van der Waals surface area contributed by atoms with E-state index in [-0.39, 0.29) is 6.10 Å². The number of nitrogens with zero attached hydrogens (tertiary/aromatic N) is 2. The van der Waals surface area contributed by atoms with Crippen molar-refractivity contribution in [2.24, 2.45) is 0 Å². The number of para-hydroxylation sites is 1. The van der Waals surface area contributed by atoms with Gasteiger partial charge in [-0.3, -0.25) is 9.80 Å². The van der Waals surface area contributed by atoms with Crippen LogP contribution in [0, 0.1) is 0 Å². The van der Waals surface area contributed by atoms with Gasteiger partial charge in [0, 0.05) is 44.8 Å². The van der Waals surface area contributed by atoms with Crippen LogP contribution in [0.4, 0.5) is 0 Å². The summed E-state index contributed by atoms with van der Waals surface area (Å²) < 4.78 is 5.41. The second-order valence-corrected chi connectivity index (χ2v) is 5.45. The summed E-state index contributed by atoms with van der Waals surface area (Å²) in [6, 6.07) is 8.22. The normalized spacial score (nSPS) is 18.9. The second-order valence-electron chi connectivity index (χ2n) is 5.45. The van der Waals surface area contributed by atoms with Crippen LogP contribution in [0.1, 0.15) is 18.9 Å². The van der Waals surface area contributed by atoms with Gasteiger partial charge in [-0.25, -0.2) is 0 Å². The van der Waals surface area contributed by atoms with Gasteiger partial charge in [0.25, 0.3) is 0 Å². The number of methoxy groups -OCH3 is 1. The zero-order valence-corrected chi connectivity index (χ0v) is 12.6. The average Bonchev–Trinajstić information content (AvgIpc) is 2.49. The summed E-state index contributed by atoms with van der Waals surface area (Å²) >= 11 is 0. The molecule has 1 heterocycles. The monoisotopic (exact) mass is 278 g/mol. The smallest absolute Gasteiger partial charge is 0.123 e. The Morgan fingerprint density at radius 3 is 2.45 bits per heavy atom. The predicted molar refractivity (Wildman–Crippen MR) is 81.0 cm³/mol. The van der Waals surface area contributed by atoms with Crippen LogP contribution in [0.5, 0.6) is 5.75 Å². The first-order chi connectivity index (χ1) is 9.72. The lowest BCUT2D eigenvalue weighted by Gasteiger charge is -2.35. The number of hydrogen-bond acceptors (Lipinski definition) is 4. The quantitative estimate of drug-likeness (QED) is 0.857. The first-order valence-corrected chi connectivity index (χ1v) is 7.47. The van der Waals surface area contributed by atoms with Crippen LogP contribution in [0.15, 0.2) is 24.3 Å². The standard InChI is InChI=1S/C16H26N2O2/c1-3-15(19)13-18-10-8-17(9-11-18)12-14-6-4-5-7-16(14)20-2/h4-7,15,19H,3,8-13H2,1-2H3. The van der Waals surface area contributed by atoms with Crippen LogP contribution in [-0.4, -0.2) is 60.8 Å². The molecule has 4 nitrogen and oxygen atoms in total. The number of piperazine rings is 1. The minimum absolute atomic E-state index is 0.184. The Hall–Kier alpha value is -1.10. The molecule has 1 saturated heterocycles. The summed E-state index contributed by atoms with van der Waals surface area (Å²) in [5.74, 6) is 0.969. The lowest BCUT2D eigenvalue weighted by Crippen LogP contribution is -2.48. The SMILES string of the molecule is CCC(O)CN1CCN(Cc2ccccc2OC)CC1. The fourth-order valence-corrected chi connectivity index (χ4v) is 2.63. The van der Waals surface area contributed by atoms with Gasteiger partial charge in [-0.1, -0.05) is 25.1 Å². The Morgan fingerprint density at radius 2 is 1.80 bits per heavy atom. The molecule has 0 spiro atoms. The summed E-state index contributed by atoms with van der Waals surface area (Å²) in [6.45, 7) is 7.94. The third-order valence-corrected chi connectivity index (χ3v) is 3.99. The third kappa shape index (κ3) is 4.20. The minimum Gasteiger partial charge on any atom is -0.496 e. The maximum atomic E-state index is 9.71. The van der Waals surface area contributed by atoms with Crippen molar-refractivity contribution in [2.45, 2.75) is 26.0 Å². The van der Waals surface area contributed by atoms with E-state index in [0.717, 1.165) is 51.4 Å². The molecule has 0 aromatic heterocycles. The second kappa shape index (κ2) is 7.62. The molecule has 2 rings (SSSR count). The van der Waals surface area contributed by atoms with Crippen molar-refractivity contribution < 1.29 is 9.84 Å². The van der Waals surface area contributed by atoms with Gasteiger partial charge in [0.05, 0.1) is 13.2 Å². The number of β-amino-alcohol motifs (C(OH)–C–C–N with tert-alkyl or cyclic N) is 1. The van der Waals surface area contributed by atoms with Gasteiger partial charge in [-0.05, 0) is 12.5 Å². The Morgan fingerprint density at radius 1 is 1.15 bits per heavy atom. The average molecular weight is 278 g/mol. The molecule has 1 aromatic rings. The van der Waals surface area contributed by atoms with Gasteiger partial charge < -0.3 is 9.84 Å². The largest absolute Gasteiger partial charge is 0.496 e. The number of ether oxygens (including phenoxy) is 1. The fraction of sp³-hybridized carbons (Fsp3) is 0.625. The molecule has 4 heteroatoms. The fourth-order valence-electron chi connectivity index (χ4n) is 2.63. The first kappa shape index (κ1) is 15.3. The van der Waals surface area contributed by atoms with Crippen molar-refractivity contribution in [3.8, 4) is 5.75 Å². The van der Waals surface area contributed by atoms with E-state index >= 15 is 0 Å². The van der Waals surface area contributed by atoms with E-state index in [1.807, 2.05) is 19.1 Å². The molecule has 1 aliphatic heterocycles. The molecule has 1 N–H and O–H groups in total. The van der Waals surface area contributed by atoms with Crippen molar-refractivity contribution in [1.82, 2.24) is 9.80 Å². The van der Waals surface area contributed by atoms with Gasteiger partial charge in [-0.2, -0.15) is 0 Å². The molecule has 1 unspecified atom stereocenters. The van der Waals surface area contributed by atoms with Crippen LogP contribution in [-0.2, 0) is 6.54 Å². The van der Waals surface area contributed by atoms with E-state index in [4.69, 9.17) is 4.74 Å². The first-order valence-electron chi connectivity index (χ1n) is 7.47. The summed E-state index contributed by atoms with van der Waals surface area (Å²) in [5.41, 5.74) is 1.25. The highest BCUT2D eigenvalue weighted by Crippen LogP contribution is 2.19. The number of rotatable bonds is 6. The number of hydrogen-bond donors (Lipinski definition) is 1.